The lowest BCUT2D eigenvalue weighted by molar-refractivity contribution is -0.104. The van der Waals surface area contributed by atoms with Crippen LogP contribution in [0.5, 0.6) is 0 Å². The maximum atomic E-state index is 10.6. The number of aldehydes is 1. The Balaban J connectivity index is 2.56. The smallest absolute Gasteiger partial charge is 0.142 e. The minimum absolute atomic E-state index is 0.759. The normalized spacial score (nSPS) is 11.4. The summed E-state index contributed by atoms with van der Waals surface area (Å²) >= 11 is 6.49. The summed E-state index contributed by atoms with van der Waals surface area (Å²) in [7, 11) is 0. The van der Waals surface area contributed by atoms with E-state index in [9.17, 15) is 4.79 Å². The van der Waals surface area contributed by atoms with Crippen LogP contribution in [0.15, 0.2) is 54.6 Å². The van der Waals surface area contributed by atoms with Gasteiger partial charge >= 0.3 is 0 Å². The molecular weight excluding hydrogens is 256 g/mol. The van der Waals surface area contributed by atoms with E-state index in [0.29, 0.717) is 0 Å². The van der Waals surface area contributed by atoms with Gasteiger partial charge in [0.1, 0.15) is 6.29 Å². The Kier molecular flexibility index (Phi) is 3.06. The number of halogens is 1. The molecular formula is C17H11ClO. The van der Waals surface area contributed by atoms with Gasteiger partial charge in [-0.25, -0.2) is 0 Å². The molecule has 0 N–H and O–H groups in total. The predicted molar refractivity (Wildman–Crippen MR) is 81.6 cm³/mol. The molecule has 1 nitrogen and oxygen atoms in total. The Morgan fingerprint density at radius 1 is 0.789 bits per heavy atom. The highest BCUT2D eigenvalue weighted by atomic mass is 35.5. The Labute approximate surface area is 116 Å². The van der Waals surface area contributed by atoms with Crippen molar-refractivity contribution in [3.63, 3.8) is 0 Å². The van der Waals surface area contributed by atoms with Crippen LogP contribution in [-0.4, -0.2) is 6.29 Å². The third-order valence-corrected chi connectivity index (χ3v) is 3.66. The third-order valence-electron chi connectivity index (χ3n) is 3.25. The predicted octanol–water partition coefficient (Wildman–Crippen LogP) is 4.86. The van der Waals surface area contributed by atoms with Gasteiger partial charge in [0.25, 0.3) is 0 Å². The lowest BCUT2D eigenvalue weighted by atomic mass is 9.96. The summed E-state index contributed by atoms with van der Waals surface area (Å²) < 4.78 is 0. The summed E-state index contributed by atoms with van der Waals surface area (Å²) in [5.41, 5.74) is 1.03. The van der Waals surface area contributed by atoms with E-state index in [1.165, 1.54) is 6.08 Å². The van der Waals surface area contributed by atoms with Crippen molar-refractivity contribution < 1.29 is 4.79 Å². The highest BCUT2D eigenvalue weighted by Gasteiger charge is 2.09. The molecule has 3 aromatic rings. The second kappa shape index (κ2) is 4.87. The van der Waals surface area contributed by atoms with Crippen molar-refractivity contribution in [3.8, 4) is 0 Å². The monoisotopic (exact) mass is 266 g/mol. The van der Waals surface area contributed by atoms with Crippen molar-refractivity contribution in [1.29, 1.82) is 0 Å². The molecule has 0 atom stereocenters. The van der Waals surface area contributed by atoms with Crippen molar-refractivity contribution in [3.05, 3.63) is 65.2 Å². The van der Waals surface area contributed by atoms with Crippen LogP contribution in [0.4, 0.5) is 0 Å². The highest BCUT2D eigenvalue weighted by Crippen LogP contribution is 2.36. The van der Waals surface area contributed by atoms with Gasteiger partial charge in [0.15, 0.2) is 0 Å². The average Bonchev–Trinajstić information content (AvgIpc) is 2.47. The first-order valence-corrected chi connectivity index (χ1v) is 6.41. The minimum Gasteiger partial charge on any atom is -0.299 e. The molecule has 0 spiro atoms. The highest BCUT2D eigenvalue weighted by molar-refractivity contribution is 6.41. The van der Waals surface area contributed by atoms with E-state index >= 15 is 0 Å². The molecule has 19 heavy (non-hydrogen) atoms. The number of benzene rings is 3. The SMILES string of the molecule is O=CC=Cc1c2ccccc2c(Cl)c2ccccc12. The van der Waals surface area contributed by atoms with Gasteiger partial charge in [-0.1, -0.05) is 66.2 Å². The van der Waals surface area contributed by atoms with Crippen molar-refractivity contribution in [2.75, 3.05) is 0 Å². The first-order chi connectivity index (χ1) is 9.33. The van der Waals surface area contributed by atoms with Crippen LogP contribution < -0.4 is 0 Å². The van der Waals surface area contributed by atoms with Gasteiger partial charge in [-0.15, -0.1) is 0 Å². The van der Waals surface area contributed by atoms with Crippen molar-refractivity contribution in [2.45, 2.75) is 0 Å². The summed E-state index contributed by atoms with van der Waals surface area (Å²) in [6.07, 6.45) is 4.15. The fourth-order valence-corrected chi connectivity index (χ4v) is 2.75. The first-order valence-electron chi connectivity index (χ1n) is 6.03. The second-order valence-corrected chi connectivity index (χ2v) is 4.69. The number of hydrogen-bond acceptors (Lipinski definition) is 1. The molecule has 0 saturated heterocycles. The summed E-state index contributed by atoms with van der Waals surface area (Å²) in [4.78, 5) is 10.6. The van der Waals surface area contributed by atoms with Gasteiger partial charge in [0.2, 0.25) is 0 Å². The van der Waals surface area contributed by atoms with Crippen molar-refractivity contribution >= 4 is 45.5 Å². The van der Waals surface area contributed by atoms with Gasteiger partial charge in [-0.3, -0.25) is 4.79 Å². The van der Waals surface area contributed by atoms with Gasteiger partial charge < -0.3 is 0 Å². The molecule has 0 saturated carbocycles. The molecule has 0 unspecified atom stereocenters. The van der Waals surface area contributed by atoms with Crippen LogP contribution >= 0.6 is 11.6 Å². The molecule has 3 aromatic carbocycles. The van der Waals surface area contributed by atoms with E-state index in [-0.39, 0.29) is 0 Å². The largest absolute Gasteiger partial charge is 0.299 e. The zero-order valence-corrected chi connectivity index (χ0v) is 10.9. The van der Waals surface area contributed by atoms with Gasteiger partial charge in [0.05, 0.1) is 5.02 Å². The van der Waals surface area contributed by atoms with Crippen LogP contribution in [0.3, 0.4) is 0 Å². The van der Waals surface area contributed by atoms with Gasteiger partial charge in [-0.2, -0.15) is 0 Å². The zero-order valence-electron chi connectivity index (χ0n) is 10.1. The molecule has 0 aliphatic carbocycles. The molecule has 0 radical (unpaired) electrons. The van der Waals surface area contributed by atoms with E-state index in [0.717, 1.165) is 38.4 Å². The second-order valence-electron chi connectivity index (χ2n) is 4.31. The standard InChI is InChI=1S/C17H11ClO/c18-17-15-8-3-1-6-13(15)12(10-5-11-19)14-7-2-4-9-16(14)17/h1-11H. The van der Waals surface area contributed by atoms with E-state index < -0.39 is 0 Å². The van der Waals surface area contributed by atoms with Crippen LogP contribution in [0.2, 0.25) is 5.02 Å². The fraction of sp³-hybridized carbons (Fsp3) is 0. The van der Waals surface area contributed by atoms with E-state index in [4.69, 9.17) is 11.6 Å². The molecule has 0 fully saturated rings. The van der Waals surface area contributed by atoms with Crippen LogP contribution in [0.1, 0.15) is 5.56 Å². The quantitative estimate of drug-likeness (QED) is 0.368. The zero-order chi connectivity index (χ0) is 13.2. The van der Waals surface area contributed by atoms with Crippen molar-refractivity contribution in [2.24, 2.45) is 0 Å². The molecule has 3 rings (SSSR count). The Morgan fingerprint density at radius 3 is 1.74 bits per heavy atom. The summed E-state index contributed by atoms with van der Waals surface area (Å²) in [5.74, 6) is 0. The molecule has 0 heterocycles. The Morgan fingerprint density at radius 2 is 1.26 bits per heavy atom. The number of carbonyl (C=O) groups excluding carboxylic acids is 1. The fourth-order valence-electron chi connectivity index (χ4n) is 2.42. The van der Waals surface area contributed by atoms with Crippen LogP contribution in [0.25, 0.3) is 27.6 Å². The molecule has 2 heteroatoms. The topological polar surface area (TPSA) is 17.1 Å². The summed E-state index contributed by atoms with van der Waals surface area (Å²) in [6.45, 7) is 0. The lowest BCUT2D eigenvalue weighted by Gasteiger charge is -2.10. The maximum Gasteiger partial charge on any atom is 0.142 e. The van der Waals surface area contributed by atoms with Gasteiger partial charge in [0, 0.05) is 10.8 Å². The number of allylic oxidation sites excluding steroid dienone is 1. The maximum absolute atomic E-state index is 10.6. The molecule has 0 bridgehead atoms. The first kappa shape index (κ1) is 11.9. The molecule has 0 aliphatic heterocycles. The van der Waals surface area contributed by atoms with E-state index in [1.807, 2.05) is 54.6 Å². The number of hydrogen-bond donors (Lipinski definition) is 0. The Hall–Kier alpha value is -2.12. The van der Waals surface area contributed by atoms with E-state index in [1.54, 1.807) is 0 Å². The van der Waals surface area contributed by atoms with Crippen LogP contribution in [-0.2, 0) is 4.79 Å². The number of carbonyl (C=O) groups is 1. The summed E-state index contributed by atoms with van der Waals surface area (Å²) in [5, 5.41) is 4.89. The van der Waals surface area contributed by atoms with Crippen LogP contribution in [0, 0.1) is 0 Å². The molecule has 0 amide bonds. The summed E-state index contributed by atoms with van der Waals surface area (Å²) in [6, 6.07) is 15.9. The minimum atomic E-state index is 0.759. The molecule has 0 aliphatic rings. The van der Waals surface area contributed by atoms with Gasteiger partial charge in [-0.05, 0) is 22.4 Å². The Bertz CT molecular complexity index is 746. The van der Waals surface area contributed by atoms with E-state index in [2.05, 4.69) is 0 Å². The molecule has 92 valence electrons. The lowest BCUT2D eigenvalue weighted by Crippen LogP contribution is -1.85. The van der Waals surface area contributed by atoms with Crippen molar-refractivity contribution in [1.82, 2.24) is 0 Å². The average molecular weight is 267 g/mol. The number of fused-ring (bicyclic) bond motifs is 2. The third kappa shape index (κ3) is 1.92. The number of rotatable bonds is 2. The molecule has 0 aromatic heterocycles.